The first-order chi connectivity index (χ1) is 18.0. The van der Waals surface area contributed by atoms with Gasteiger partial charge in [0.25, 0.3) is 11.8 Å². The Labute approximate surface area is 228 Å². The van der Waals surface area contributed by atoms with Crippen molar-refractivity contribution in [2.45, 2.75) is 29.5 Å². The Bertz CT molecular complexity index is 1690. The maximum atomic E-state index is 13.7. The van der Waals surface area contributed by atoms with E-state index in [4.69, 9.17) is 16.0 Å². The number of nitrogens with zero attached hydrogens (tertiary/aromatic N) is 1. The SMILES string of the molecule is CC1(C)SCCN(S(=O)(=O)c2ccc3oc4cc(NC(=O)c5cccc(Cl)c5)ccc4c3c2)C1C(=O)NO. The van der Waals surface area contributed by atoms with Gasteiger partial charge in [-0.2, -0.15) is 16.1 Å². The second-order valence-corrected chi connectivity index (χ2v) is 13.5. The van der Waals surface area contributed by atoms with Crippen LogP contribution in [0.25, 0.3) is 21.9 Å². The van der Waals surface area contributed by atoms with Crippen LogP contribution in [0, 0.1) is 0 Å². The average Bonchev–Trinajstić information content (AvgIpc) is 3.24. The van der Waals surface area contributed by atoms with Crippen molar-refractivity contribution in [3.63, 3.8) is 0 Å². The minimum absolute atomic E-state index is 0.00414. The summed E-state index contributed by atoms with van der Waals surface area (Å²) in [6.07, 6.45) is 0. The van der Waals surface area contributed by atoms with Crippen molar-refractivity contribution in [2.75, 3.05) is 17.6 Å². The summed E-state index contributed by atoms with van der Waals surface area (Å²) in [5, 5.41) is 13.8. The summed E-state index contributed by atoms with van der Waals surface area (Å²) >= 11 is 7.45. The minimum Gasteiger partial charge on any atom is -0.456 e. The van der Waals surface area contributed by atoms with Crippen molar-refractivity contribution in [3.05, 3.63) is 71.2 Å². The molecule has 1 unspecified atom stereocenters. The van der Waals surface area contributed by atoms with Crippen LogP contribution >= 0.6 is 23.4 Å². The highest BCUT2D eigenvalue weighted by Crippen LogP contribution is 2.39. The number of benzene rings is 3. The fourth-order valence-corrected chi connectivity index (χ4v) is 8.01. The van der Waals surface area contributed by atoms with Crippen LogP contribution in [-0.2, 0) is 14.8 Å². The lowest BCUT2D eigenvalue weighted by Crippen LogP contribution is -2.61. The number of hydrogen-bond acceptors (Lipinski definition) is 7. The summed E-state index contributed by atoms with van der Waals surface area (Å²) < 4.78 is 33.7. The Balaban J connectivity index is 1.49. The van der Waals surface area contributed by atoms with Crippen molar-refractivity contribution < 1.29 is 27.6 Å². The number of hydroxylamine groups is 1. The fraction of sp³-hybridized carbons (Fsp3) is 0.231. The summed E-state index contributed by atoms with van der Waals surface area (Å²) in [6, 6.07) is 15.1. The number of amides is 2. The molecule has 2 heterocycles. The average molecular weight is 574 g/mol. The molecule has 0 spiro atoms. The van der Waals surface area contributed by atoms with Gasteiger partial charge in [-0.05, 0) is 62.4 Å². The Morgan fingerprint density at radius 3 is 2.61 bits per heavy atom. The van der Waals surface area contributed by atoms with E-state index < -0.39 is 26.7 Å². The standard InChI is InChI=1S/C26H24ClN3O6S2/c1-26(2)23(25(32)29-33)30(10-11-37-26)38(34,35)18-7-9-21-20(14-18)19-8-6-17(13-22(19)36-21)28-24(31)15-4-3-5-16(27)12-15/h3-9,12-14,23,33H,10-11H2,1-2H3,(H,28,31)(H,29,32). The molecule has 198 valence electrons. The number of fused-ring (bicyclic) bond motifs is 3. The second-order valence-electron chi connectivity index (χ2n) is 9.38. The van der Waals surface area contributed by atoms with Crippen LogP contribution < -0.4 is 10.8 Å². The molecule has 3 aromatic carbocycles. The van der Waals surface area contributed by atoms with E-state index in [1.165, 1.54) is 23.9 Å². The molecule has 1 atom stereocenters. The number of sulfonamides is 1. The van der Waals surface area contributed by atoms with E-state index in [2.05, 4.69) is 5.32 Å². The van der Waals surface area contributed by atoms with E-state index >= 15 is 0 Å². The van der Waals surface area contributed by atoms with Crippen LogP contribution in [0.15, 0.2) is 70.0 Å². The highest BCUT2D eigenvalue weighted by molar-refractivity contribution is 8.01. The molecular weight excluding hydrogens is 550 g/mol. The summed E-state index contributed by atoms with van der Waals surface area (Å²) in [4.78, 5) is 25.1. The number of halogens is 1. The van der Waals surface area contributed by atoms with Crippen molar-refractivity contribution in [3.8, 4) is 0 Å². The van der Waals surface area contributed by atoms with E-state index in [-0.39, 0.29) is 17.3 Å². The first-order valence-corrected chi connectivity index (χ1v) is 14.4. The Kier molecular flexibility index (Phi) is 6.91. The van der Waals surface area contributed by atoms with Gasteiger partial charge in [-0.3, -0.25) is 14.8 Å². The van der Waals surface area contributed by atoms with Crippen molar-refractivity contribution in [1.82, 2.24) is 9.79 Å². The summed E-state index contributed by atoms with van der Waals surface area (Å²) in [5.74, 6) is -0.615. The predicted octanol–water partition coefficient (Wildman–Crippen LogP) is 4.88. The zero-order valence-electron chi connectivity index (χ0n) is 20.4. The Hall–Kier alpha value is -3.09. The van der Waals surface area contributed by atoms with Crippen molar-refractivity contribution >= 4 is 72.8 Å². The molecule has 12 heteroatoms. The molecule has 4 aromatic rings. The molecule has 0 saturated carbocycles. The lowest BCUT2D eigenvalue weighted by molar-refractivity contribution is -0.134. The number of anilines is 1. The van der Waals surface area contributed by atoms with Crippen molar-refractivity contribution in [2.24, 2.45) is 0 Å². The second kappa shape index (κ2) is 9.90. The molecule has 5 rings (SSSR count). The third kappa shape index (κ3) is 4.76. The van der Waals surface area contributed by atoms with E-state index in [1.54, 1.807) is 67.9 Å². The van der Waals surface area contributed by atoms with Gasteiger partial charge in [0.05, 0.1) is 4.90 Å². The number of hydrogen-bond donors (Lipinski definition) is 3. The monoisotopic (exact) mass is 573 g/mol. The molecule has 1 saturated heterocycles. The number of furan rings is 1. The van der Waals surface area contributed by atoms with E-state index in [0.29, 0.717) is 44.0 Å². The van der Waals surface area contributed by atoms with Gasteiger partial charge in [0, 0.05) is 50.2 Å². The molecule has 38 heavy (non-hydrogen) atoms. The quantitative estimate of drug-likeness (QED) is 0.229. The zero-order valence-corrected chi connectivity index (χ0v) is 22.8. The largest absolute Gasteiger partial charge is 0.456 e. The highest BCUT2D eigenvalue weighted by atomic mass is 35.5. The molecule has 3 N–H and O–H groups in total. The van der Waals surface area contributed by atoms with E-state index in [1.807, 2.05) is 0 Å². The summed E-state index contributed by atoms with van der Waals surface area (Å²) in [6.45, 7) is 3.66. The topological polar surface area (TPSA) is 129 Å². The van der Waals surface area contributed by atoms with Crippen LogP contribution in [0.4, 0.5) is 5.69 Å². The van der Waals surface area contributed by atoms with Crippen molar-refractivity contribution in [1.29, 1.82) is 0 Å². The van der Waals surface area contributed by atoms with Gasteiger partial charge < -0.3 is 9.73 Å². The molecule has 0 radical (unpaired) electrons. The van der Waals surface area contributed by atoms with Gasteiger partial charge in [0.1, 0.15) is 17.2 Å². The van der Waals surface area contributed by atoms with Gasteiger partial charge in [-0.25, -0.2) is 13.9 Å². The molecule has 1 aromatic heterocycles. The third-order valence-corrected chi connectivity index (χ3v) is 9.93. The molecule has 2 amide bonds. The number of nitrogens with one attached hydrogen (secondary N) is 2. The first-order valence-electron chi connectivity index (χ1n) is 11.6. The lowest BCUT2D eigenvalue weighted by atomic mass is 10.0. The molecule has 9 nitrogen and oxygen atoms in total. The molecule has 1 aliphatic heterocycles. The van der Waals surface area contributed by atoms with Gasteiger partial charge in [-0.15, -0.1) is 0 Å². The fourth-order valence-electron chi connectivity index (χ4n) is 4.68. The van der Waals surface area contributed by atoms with Crippen LogP contribution in [0.1, 0.15) is 24.2 Å². The highest BCUT2D eigenvalue weighted by Gasteiger charge is 2.48. The Morgan fingerprint density at radius 2 is 1.87 bits per heavy atom. The van der Waals surface area contributed by atoms with Gasteiger partial charge in [0.2, 0.25) is 10.0 Å². The lowest BCUT2D eigenvalue weighted by Gasteiger charge is -2.43. The first kappa shape index (κ1) is 26.5. The maximum absolute atomic E-state index is 13.7. The van der Waals surface area contributed by atoms with E-state index in [0.717, 1.165) is 4.31 Å². The Morgan fingerprint density at radius 1 is 1.08 bits per heavy atom. The van der Waals surface area contributed by atoms with Crippen LogP contribution in [0.3, 0.4) is 0 Å². The minimum atomic E-state index is -4.10. The zero-order chi connectivity index (χ0) is 27.2. The van der Waals surface area contributed by atoms with Crippen LogP contribution in [0.2, 0.25) is 5.02 Å². The number of thioether (sulfide) groups is 1. The van der Waals surface area contributed by atoms with Gasteiger partial charge in [0.15, 0.2) is 0 Å². The number of rotatable bonds is 5. The molecule has 0 aliphatic carbocycles. The number of carbonyl (C=O) groups excluding carboxylic acids is 2. The summed E-state index contributed by atoms with van der Waals surface area (Å²) in [5.41, 5.74) is 3.46. The summed E-state index contributed by atoms with van der Waals surface area (Å²) in [7, 11) is -4.10. The molecule has 1 aliphatic rings. The van der Waals surface area contributed by atoms with E-state index in [9.17, 15) is 23.2 Å². The number of carbonyl (C=O) groups is 2. The molecule has 0 bridgehead atoms. The maximum Gasteiger partial charge on any atom is 0.263 e. The van der Waals surface area contributed by atoms with Crippen LogP contribution in [-0.4, -0.2) is 52.8 Å². The van der Waals surface area contributed by atoms with Gasteiger partial charge >= 0.3 is 0 Å². The third-order valence-electron chi connectivity index (χ3n) is 6.48. The predicted molar refractivity (Wildman–Crippen MR) is 147 cm³/mol. The van der Waals surface area contributed by atoms with Gasteiger partial charge in [-0.1, -0.05) is 17.7 Å². The molecule has 1 fully saturated rings. The smallest absolute Gasteiger partial charge is 0.263 e. The normalized spacial score (nSPS) is 17.9. The molecular formula is C26H24ClN3O6S2. The van der Waals surface area contributed by atoms with Crippen LogP contribution in [0.5, 0.6) is 0 Å².